The molecule has 1 aliphatic carbocycles. The largest absolute Gasteiger partial charge is 0.369 e. The van der Waals surface area contributed by atoms with Crippen LogP contribution < -0.4 is 10.2 Å². The van der Waals surface area contributed by atoms with E-state index in [2.05, 4.69) is 51.4 Å². The number of pyridine rings is 1. The van der Waals surface area contributed by atoms with Crippen LogP contribution in [-0.4, -0.2) is 46.4 Å². The maximum atomic E-state index is 14.3. The number of anilines is 1. The summed E-state index contributed by atoms with van der Waals surface area (Å²) < 4.78 is 14.3. The molecule has 7 heteroatoms. The first-order chi connectivity index (χ1) is 19.0. The Morgan fingerprint density at radius 2 is 1.82 bits per heavy atom. The minimum atomic E-state index is -0.576. The molecule has 6 rings (SSSR count). The van der Waals surface area contributed by atoms with Crippen molar-refractivity contribution in [3.63, 3.8) is 0 Å². The van der Waals surface area contributed by atoms with E-state index in [0.717, 1.165) is 56.7 Å². The van der Waals surface area contributed by atoms with Gasteiger partial charge >= 0.3 is 6.03 Å². The van der Waals surface area contributed by atoms with Gasteiger partial charge < -0.3 is 5.32 Å². The predicted molar refractivity (Wildman–Crippen MR) is 153 cm³/mol. The van der Waals surface area contributed by atoms with Gasteiger partial charge in [-0.25, -0.2) is 9.18 Å². The molecule has 0 bridgehead atoms. The number of piperidine rings is 1. The third-order valence-corrected chi connectivity index (χ3v) is 8.65. The van der Waals surface area contributed by atoms with Crippen LogP contribution in [0, 0.1) is 12.7 Å². The summed E-state index contributed by atoms with van der Waals surface area (Å²) in [5.74, 6) is 0.433. The van der Waals surface area contributed by atoms with E-state index in [1.54, 1.807) is 11.0 Å². The first-order valence-corrected chi connectivity index (χ1v) is 14.2. The van der Waals surface area contributed by atoms with Gasteiger partial charge in [0.1, 0.15) is 17.2 Å². The second-order valence-corrected chi connectivity index (χ2v) is 11.2. The molecule has 202 valence electrons. The van der Waals surface area contributed by atoms with Gasteiger partial charge in [-0.05, 0) is 79.6 Å². The van der Waals surface area contributed by atoms with Gasteiger partial charge in [0, 0.05) is 49.3 Å². The van der Waals surface area contributed by atoms with Gasteiger partial charge in [0.2, 0.25) is 0 Å². The highest BCUT2D eigenvalue weighted by atomic mass is 19.1. The lowest BCUT2D eigenvalue weighted by atomic mass is 9.83. The molecule has 2 aliphatic heterocycles. The van der Waals surface area contributed by atoms with Gasteiger partial charge in [0.25, 0.3) is 0 Å². The molecule has 1 aromatic heterocycles. The maximum Gasteiger partial charge on any atom is 0.350 e. The lowest BCUT2D eigenvalue weighted by Gasteiger charge is -2.45. The normalized spacial score (nSPS) is 19.9. The van der Waals surface area contributed by atoms with Crippen molar-refractivity contribution < 1.29 is 9.18 Å². The van der Waals surface area contributed by atoms with E-state index in [-0.39, 0.29) is 11.8 Å². The predicted octanol–water partition coefficient (Wildman–Crippen LogP) is 6.49. The van der Waals surface area contributed by atoms with Crippen molar-refractivity contribution in [2.45, 2.75) is 70.0 Å². The first kappa shape index (κ1) is 25.7. The molecule has 1 saturated carbocycles. The number of amidine groups is 1. The number of aliphatic imine (C=N–C) groups is 1. The summed E-state index contributed by atoms with van der Waals surface area (Å²) in [6, 6.07) is 17.1. The fourth-order valence-corrected chi connectivity index (χ4v) is 6.52. The Morgan fingerprint density at radius 1 is 1.03 bits per heavy atom. The van der Waals surface area contributed by atoms with Crippen molar-refractivity contribution in [3.05, 3.63) is 83.9 Å². The topological polar surface area (TPSA) is 60.8 Å². The third-order valence-electron chi connectivity index (χ3n) is 8.65. The number of urea groups is 1. The van der Waals surface area contributed by atoms with E-state index >= 15 is 0 Å². The summed E-state index contributed by atoms with van der Waals surface area (Å²) in [4.78, 5) is 26.4. The van der Waals surface area contributed by atoms with Crippen molar-refractivity contribution in [2.24, 2.45) is 4.99 Å². The van der Waals surface area contributed by atoms with Crippen LogP contribution in [0.2, 0.25) is 0 Å². The molecule has 3 heterocycles. The van der Waals surface area contributed by atoms with Gasteiger partial charge in [-0.3, -0.25) is 14.8 Å². The number of hydrogen-bond donors (Lipinski definition) is 1. The van der Waals surface area contributed by atoms with E-state index < -0.39 is 5.54 Å². The van der Waals surface area contributed by atoms with E-state index in [0.29, 0.717) is 11.7 Å². The number of likely N-dealkylation sites (tertiary alicyclic amines) is 1. The number of nitrogens with zero attached hydrogens (tertiary/aromatic N) is 4. The van der Waals surface area contributed by atoms with Crippen LogP contribution in [0.3, 0.4) is 0 Å². The van der Waals surface area contributed by atoms with Crippen molar-refractivity contribution in [3.8, 4) is 11.1 Å². The zero-order valence-electron chi connectivity index (χ0n) is 22.6. The number of nitrogens with one attached hydrogen (secondary N) is 1. The number of carbonyl (C=O) groups excluding carboxylic acids is 1. The smallest absolute Gasteiger partial charge is 0.350 e. The fraction of sp³-hybridized carbons (Fsp3) is 0.406. The van der Waals surface area contributed by atoms with Crippen molar-refractivity contribution in [2.75, 3.05) is 18.0 Å². The number of benzene rings is 2. The number of amides is 2. The minimum Gasteiger partial charge on any atom is -0.369 e. The van der Waals surface area contributed by atoms with E-state index in [4.69, 9.17) is 0 Å². The van der Waals surface area contributed by atoms with Crippen LogP contribution in [-0.2, 0) is 6.54 Å². The molecule has 0 radical (unpaired) electrons. The number of carbonyl (C=O) groups is 1. The van der Waals surface area contributed by atoms with Crippen molar-refractivity contribution in [1.29, 1.82) is 0 Å². The monoisotopic (exact) mass is 525 g/mol. The summed E-state index contributed by atoms with van der Waals surface area (Å²) in [7, 11) is 0. The second kappa shape index (κ2) is 10.9. The molecule has 2 aromatic carbocycles. The van der Waals surface area contributed by atoms with Crippen molar-refractivity contribution >= 4 is 17.6 Å². The van der Waals surface area contributed by atoms with Crippen LogP contribution in [0.4, 0.5) is 14.9 Å². The molecule has 2 amide bonds. The van der Waals surface area contributed by atoms with Gasteiger partial charge in [-0.2, -0.15) is 4.99 Å². The average molecular weight is 526 g/mol. The van der Waals surface area contributed by atoms with E-state index in [1.165, 1.54) is 48.1 Å². The van der Waals surface area contributed by atoms with E-state index in [9.17, 15) is 9.18 Å². The van der Waals surface area contributed by atoms with Crippen LogP contribution in [0.15, 0.2) is 72.0 Å². The Balaban J connectivity index is 1.22. The summed E-state index contributed by atoms with van der Waals surface area (Å²) in [6.07, 6.45) is 11.1. The molecular formula is C32H36FN5O. The number of aryl methyl sites for hydroxylation is 1. The molecular weight excluding hydrogens is 489 g/mol. The lowest BCUT2D eigenvalue weighted by Crippen LogP contribution is -2.62. The van der Waals surface area contributed by atoms with Gasteiger partial charge in [0.15, 0.2) is 0 Å². The number of halogens is 1. The van der Waals surface area contributed by atoms with Gasteiger partial charge in [-0.1, -0.05) is 43.5 Å². The lowest BCUT2D eigenvalue weighted by molar-refractivity contribution is 0.181. The summed E-state index contributed by atoms with van der Waals surface area (Å²) in [5, 5.41) is 3.69. The summed E-state index contributed by atoms with van der Waals surface area (Å²) in [5.41, 5.74) is 4.80. The Bertz CT molecular complexity index is 1370. The Kier molecular flexibility index (Phi) is 7.17. The molecule has 1 saturated heterocycles. The van der Waals surface area contributed by atoms with Crippen LogP contribution in [0.1, 0.15) is 56.1 Å². The van der Waals surface area contributed by atoms with Gasteiger partial charge in [-0.15, -0.1) is 0 Å². The number of hydrogen-bond acceptors (Lipinski definition) is 4. The third kappa shape index (κ3) is 5.20. The molecule has 1 spiro atoms. The zero-order chi connectivity index (χ0) is 26.8. The molecule has 0 unspecified atom stereocenters. The molecule has 0 atom stereocenters. The van der Waals surface area contributed by atoms with Crippen LogP contribution in [0.25, 0.3) is 11.1 Å². The fourth-order valence-electron chi connectivity index (χ4n) is 6.52. The summed E-state index contributed by atoms with van der Waals surface area (Å²) >= 11 is 0. The minimum absolute atomic E-state index is 0.299. The average Bonchev–Trinajstić information content (AvgIpc) is 3.21. The quantitative estimate of drug-likeness (QED) is 0.414. The maximum absolute atomic E-state index is 14.3. The Morgan fingerprint density at radius 3 is 2.59 bits per heavy atom. The first-order valence-electron chi connectivity index (χ1n) is 14.2. The molecule has 1 N–H and O–H groups in total. The van der Waals surface area contributed by atoms with E-state index in [1.807, 2.05) is 24.5 Å². The SMILES string of the molecule is Cc1ccncc1-c1cccc(CN2CCC3(CC2)C(NC2CCCCC2)=NC(=O)N3c2cccc(F)c2)c1. The van der Waals surface area contributed by atoms with Crippen molar-refractivity contribution in [1.82, 2.24) is 15.2 Å². The number of aromatic nitrogens is 1. The summed E-state index contributed by atoms with van der Waals surface area (Å²) in [6.45, 7) is 4.59. The molecule has 2 fully saturated rings. The highest BCUT2D eigenvalue weighted by molar-refractivity contribution is 6.16. The molecule has 3 aromatic rings. The molecule has 39 heavy (non-hydrogen) atoms. The highest BCUT2D eigenvalue weighted by Crippen LogP contribution is 2.39. The Labute approximate surface area is 230 Å². The molecule has 3 aliphatic rings. The molecule has 6 nitrogen and oxygen atoms in total. The Hall–Kier alpha value is -3.58. The van der Waals surface area contributed by atoms with Gasteiger partial charge in [0.05, 0.1) is 0 Å². The second-order valence-electron chi connectivity index (χ2n) is 11.2. The standard InChI is InChI=1S/C32H36FN5O/c1-23-13-16-34-21-29(23)25-8-5-7-24(19-25)22-37-17-14-32(15-18-37)30(35-27-10-3-2-4-11-27)36-31(39)38(32)28-12-6-9-26(33)20-28/h5-9,12-13,16,19-21,27H,2-4,10-11,14-15,17-18,22H2,1H3,(H,35,36,39). The number of rotatable bonds is 5. The van der Waals surface area contributed by atoms with Crippen LogP contribution in [0.5, 0.6) is 0 Å². The zero-order valence-corrected chi connectivity index (χ0v) is 22.6. The highest BCUT2D eigenvalue weighted by Gasteiger charge is 2.52. The van der Waals surface area contributed by atoms with Crippen LogP contribution >= 0.6 is 0 Å².